The van der Waals surface area contributed by atoms with E-state index in [0.717, 1.165) is 11.3 Å². The molecule has 1 aliphatic rings. The van der Waals surface area contributed by atoms with Crippen molar-refractivity contribution < 1.29 is 14.0 Å². The summed E-state index contributed by atoms with van der Waals surface area (Å²) in [6.45, 7) is 4.54. The highest BCUT2D eigenvalue weighted by molar-refractivity contribution is 6.31. The lowest BCUT2D eigenvalue weighted by Crippen LogP contribution is -2.48. The molecule has 1 fully saturated rings. The monoisotopic (exact) mass is 497 g/mol. The van der Waals surface area contributed by atoms with E-state index in [0.29, 0.717) is 59.9 Å². The molecule has 2 amide bonds. The molecule has 0 unspecified atom stereocenters. The first kappa shape index (κ1) is 23.9. The summed E-state index contributed by atoms with van der Waals surface area (Å²) in [5.74, 6) is 1.11. The number of anilines is 2. The SMILES string of the molecule is CCC(=O)N1CCN(c2ccc(Cl)cc2NC(=O)C=Cc2ccc(-c3ccc(Cl)cc3)o2)CC1. The second kappa shape index (κ2) is 10.8. The molecule has 1 aliphatic heterocycles. The molecule has 1 aromatic heterocycles. The minimum Gasteiger partial charge on any atom is -0.457 e. The number of nitrogens with one attached hydrogen (secondary N) is 1. The Labute approximate surface area is 208 Å². The molecule has 0 saturated carbocycles. The van der Waals surface area contributed by atoms with Crippen LogP contribution in [-0.2, 0) is 9.59 Å². The Bertz CT molecular complexity index is 1200. The van der Waals surface area contributed by atoms with Gasteiger partial charge in [0.2, 0.25) is 11.8 Å². The van der Waals surface area contributed by atoms with Crippen LogP contribution in [0.5, 0.6) is 0 Å². The molecule has 176 valence electrons. The van der Waals surface area contributed by atoms with Gasteiger partial charge in [-0.15, -0.1) is 0 Å². The molecule has 0 spiro atoms. The van der Waals surface area contributed by atoms with Crippen molar-refractivity contribution in [2.75, 3.05) is 36.4 Å². The predicted octanol–water partition coefficient (Wildman–Crippen LogP) is 5.96. The van der Waals surface area contributed by atoms with Gasteiger partial charge in [-0.2, -0.15) is 0 Å². The standard InChI is InChI=1S/C26H25Cl2N3O3/c1-2-26(33)31-15-13-30(14-16-31)23-10-7-20(28)17-22(23)29-25(32)12-9-21-8-11-24(34-21)18-3-5-19(27)6-4-18/h3-12,17H,2,13-16H2,1H3,(H,29,32). The molecule has 2 heterocycles. The van der Waals surface area contributed by atoms with E-state index in [1.54, 1.807) is 36.4 Å². The molecule has 0 radical (unpaired) electrons. The highest BCUT2D eigenvalue weighted by atomic mass is 35.5. The van der Waals surface area contributed by atoms with Crippen molar-refractivity contribution in [3.8, 4) is 11.3 Å². The van der Waals surface area contributed by atoms with Gasteiger partial charge in [0.1, 0.15) is 11.5 Å². The summed E-state index contributed by atoms with van der Waals surface area (Å²) in [4.78, 5) is 28.6. The van der Waals surface area contributed by atoms with Gasteiger partial charge >= 0.3 is 0 Å². The molecule has 1 saturated heterocycles. The van der Waals surface area contributed by atoms with Crippen LogP contribution in [0.1, 0.15) is 19.1 Å². The average molecular weight is 498 g/mol. The van der Waals surface area contributed by atoms with E-state index in [4.69, 9.17) is 27.6 Å². The smallest absolute Gasteiger partial charge is 0.248 e. The number of rotatable bonds is 6. The third kappa shape index (κ3) is 5.82. The van der Waals surface area contributed by atoms with Crippen molar-refractivity contribution in [3.63, 3.8) is 0 Å². The Morgan fingerprint density at radius 3 is 2.38 bits per heavy atom. The lowest BCUT2D eigenvalue weighted by molar-refractivity contribution is -0.131. The van der Waals surface area contributed by atoms with Crippen molar-refractivity contribution in [2.45, 2.75) is 13.3 Å². The molecular weight excluding hydrogens is 473 g/mol. The third-order valence-electron chi connectivity index (χ3n) is 5.65. The molecule has 3 aromatic rings. The maximum absolute atomic E-state index is 12.7. The number of carbonyl (C=O) groups is 2. The topological polar surface area (TPSA) is 65.8 Å². The van der Waals surface area contributed by atoms with Crippen LogP contribution in [0.4, 0.5) is 11.4 Å². The van der Waals surface area contributed by atoms with Gasteiger partial charge < -0.3 is 19.5 Å². The maximum atomic E-state index is 12.7. The van der Waals surface area contributed by atoms with Crippen molar-refractivity contribution in [3.05, 3.63) is 76.5 Å². The van der Waals surface area contributed by atoms with Gasteiger partial charge in [-0.3, -0.25) is 9.59 Å². The van der Waals surface area contributed by atoms with Crippen molar-refractivity contribution >= 4 is 52.5 Å². The number of hydrogen-bond donors (Lipinski definition) is 1. The Balaban J connectivity index is 1.42. The number of hydrogen-bond acceptors (Lipinski definition) is 4. The van der Waals surface area contributed by atoms with Crippen LogP contribution in [0, 0.1) is 0 Å². The number of piperazine rings is 1. The number of benzene rings is 2. The van der Waals surface area contributed by atoms with E-state index in [1.807, 2.05) is 36.1 Å². The molecule has 8 heteroatoms. The number of halogens is 2. The number of amides is 2. The summed E-state index contributed by atoms with van der Waals surface area (Å²) in [5, 5.41) is 4.11. The molecule has 0 aliphatic carbocycles. The second-order valence-electron chi connectivity index (χ2n) is 7.91. The zero-order valence-electron chi connectivity index (χ0n) is 18.8. The van der Waals surface area contributed by atoms with E-state index in [9.17, 15) is 9.59 Å². The maximum Gasteiger partial charge on any atom is 0.248 e. The predicted molar refractivity (Wildman–Crippen MR) is 137 cm³/mol. The summed E-state index contributed by atoms with van der Waals surface area (Å²) in [5.41, 5.74) is 2.40. The Morgan fingerprint density at radius 1 is 0.971 bits per heavy atom. The summed E-state index contributed by atoms with van der Waals surface area (Å²) in [6.07, 6.45) is 3.55. The van der Waals surface area contributed by atoms with E-state index in [-0.39, 0.29) is 11.8 Å². The van der Waals surface area contributed by atoms with Gasteiger partial charge in [-0.05, 0) is 60.7 Å². The minimum atomic E-state index is -0.298. The van der Waals surface area contributed by atoms with E-state index >= 15 is 0 Å². The van der Waals surface area contributed by atoms with Gasteiger partial charge in [0, 0.05) is 54.3 Å². The van der Waals surface area contributed by atoms with Gasteiger partial charge in [0.15, 0.2) is 0 Å². The molecule has 1 N–H and O–H groups in total. The third-order valence-corrected chi connectivity index (χ3v) is 6.13. The van der Waals surface area contributed by atoms with Crippen molar-refractivity contribution in [1.29, 1.82) is 0 Å². The number of furan rings is 1. The quantitative estimate of drug-likeness (QED) is 0.426. The molecule has 2 aromatic carbocycles. The fourth-order valence-corrected chi connectivity index (χ4v) is 4.15. The summed E-state index contributed by atoms with van der Waals surface area (Å²) in [6, 6.07) is 16.4. The highest BCUT2D eigenvalue weighted by Gasteiger charge is 2.22. The summed E-state index contributed by atoms with van der Waals surface area (Å²) >= 11 is 12.1. The van der Waals surface area contributed by atoms with Crippen LogP contribution in [0.3, 0.4) is 0 Å². The van der Waals surface area contributed by atoms with Crippen LogP contribution in [0.2, 0.25) is 10.0 Å². The second-order valence-corrected chi connectivity index (χ2v) is 8.79. The van der Waals surface area contributed by atoms with Gasteiger partial charge in [0.25, 0.3) is 0 Å². The van der Waals surface area contributed by atoms with Crippen molar-refractivity contribution in [1.82, 2.24) is 4.90 Å². The molecule has 34 heavy (non-hydrogen) atoms. The van der Waals surface area contributed by atoms with E-state index in [1.165, 1.54) is 6.08 Å². The van der Waals surface area contributed by atoms with Gasteiger partial charge in [-0.25, -0.2) is 0 Å². The van der Waals surface area contributed by atoms with Crippen LogP contribution in [0.15, 0.2) is 65.1 Å². The van der Waals surface area contributed by atoms with Gasteiger partial charge in [0.05, 0.1) is 11.4 Å². The number of nitrogens with zero attached hydrogens (tertiary/aromatic N) is 2. The Kier molecular flexibility index (Phi) is 7.60. The zero-order chi connectivity index (χ0) is 24.1. The zero-order valence-corrected chi connectivity index (χ0v) is 20.3. The minimum absolute atomic E-state index is 0.159. The van der Waals surface area contributed by atoms with Gasteiger partial charge in [-0.1, -0.05) is 30.1 Å². The normalized spacial score (nSPS) is 14.0. The Hall–Kier alpha value is -3.22. The Morgan fingerprint density at radius 2 is 1.68 bits per heavy atom. The lowest BCUT2D eigenvalue weighted by Gasteiger charge is -2.37. The van der Waals surface area contributed by atoms with Crippen LogP contribution >= 0.6 is 23.2 Å². The average Bonchev–Trinajstić information content (AvgIpc) is 3.32. The number of carbonyl (C=O) groups excluding carboxylic acids is 2. The van der Waals surface area contributed by atoms with E-state index < -0.39 is 0 Å². The molecule has 4 rings (SSSR count). The largest absolute Gasteiger partial charge is 0.457 e. The highest BCUT2D eigenvalue weighted by Crippen LogP contribution is 2.30. The van der Waals surface area contributed by atoms with Crippen LogP contribution in [0.25, 0.3) is 17.4 Å². The van der Waals surface area contributed by atoms with E-state index in [2.05, 4.69) is 10.2 Å². The van der Waals surface area contributed by atoms with Crippen LogP contribution < -0.4 is 10.2 Å². The van der Waals surface area contributed by atoms with Crippen molar-refractivity contribution in [2.24, 2.45) is 0 Å². The molecule has 6 nitrogen and oxygen atoms in total. The molecule has 0 atom stereocenters. The first-order chi connectivity index (χ1) is 16.4. The van der Waals surface area contributed by atoms with Crippen LogP contribution in [-0.4, -0.2) is 42.9 Å². The summed E-state index contributed by atoms with van der Waals surface area (Å²) in [7, 11) is 0. The first-order valence-corrected chi connectivity index (χ1v) is 11.9. The fourth-order valence-electron chi connectivity index (χ4n) is 3.85. The fraction of sp³-hybridized carbons (Fsp3) is 0.231. The molecular formula is C26H25Cl2N3O3. The lowest BCUT2D eigenvalue weighted by atomic mass is 10.2. The summed E-state index contributed by atoms with van der Waals surface area (Å²) < 4.78 is 5.82. The first-order valence-electron chi connectivity index (χ1n) is 11.1. The molecule has 0 bridgehead atoms.